The van der Waals surface area contributed by atoms with E-state index in [0.717, 1.165) is 17.2 Å². The van der Waals surface area contributed by atoms with E-state index in [1.807, 2.05) is 26.8 Å². The molecule has 0 saturated heterocycles. The number of hydrogen-bond acceptors (Lipinski definition) is 5. The number of rotatable bonds is 8. The predicted molar refractivity (Wildman–Crippen MR) is 127 cm³/mol. The smallest absolute Gasteiger partial charge is 0.350 e. The second kappa shape index (κ2) is 10.3. The van der Waals surface area contributed by atoms with Crippen molar-refractivity contribution in [1.29, 1.82) is 5.26 Å². The van der Waals surface area contributed by atoms with Crippen LogP contribution >= 0.6 is 0 Å². The summed E-state index contributed by atoms with van der Waals surface area (Å²) in [6, 6.07) is 9.48. The molecule has 34 heavy (non-hydrogen) atoms. The Hall–Kier alpha value is -3.93. The minimum Gasteiger partial charge on any atom is -0.490 e. The van der Waals surface area contributed by atoms with Gasteiger partial charge in [0, 0.05) is 19.5 Å². The van der Waals surface area contributed by atoms with Crippen LogP contribution in [0.2, 0.25) is 0 Å². The molecule has 3 rings (SSSR count). The van der Waals surface area contributed by atoms with Crippen LogP contribution in [0.5, 0.6) is 5.75 Å². The minimum atomic E-state index is -0.797. The van der Waals surface area contributed by atoms with Crippen LogP contribution < -0.4 is 15.7 Å². The average Bonchev–Trinajstić information content (AvgIpc) is 3.09. The Balaban J connectivity index is 2.12. The summed E-state index contributed by atoms with van der Waals surface area (Å²) >= 11 is 0. The first-order valence-electron chi connectivity index (χ1n) is 11.2. The molecule has 0 fully saturated rings. The van der Waals surface area contributed by atoms with E-state index < -0.39 is 17.4 Å². The molecule has 2 aromatic carbocycles. The number of nitriles is 1. The Bertz CT molecular complexity index is 1320. The van der Waals surface area contributed by atoms with Crippen LogP contribution in [-0.2, 0) is 13.5 Å². The van der Waals surface area contributed by atoms with Gasteiger partial charge in [0.25, 0.3) is 5.91 Å². The van der Waals surface area contributed by atoms with E-state index in [-0.39, 0.29) is 23.1 Å². The first-order chi connectivity index (χ1) is 16.2. The van der Waals surface area contributed by atoms with Crippen LogP contribution in [0.15, 0.2) is 35.1 Å². The normalized spacial score (nSPS) is 11.7. The highest BCUT2D eigenvalue weighted by Crippen LogP contribution is 2.29. The van der Waals surface area contributed by atoms with Crippen LogP contribution in [0.4, 0.5) is 10.1 Å². The van der Waals surface area contributed by atoms with Gasteiger partial charge < -0.3 is 10.1 Å². The molecule has 0 aliphatic heterocycles. The van der Waals surface area contributed by atoms with Gasteiger partial charge in [0.05, 0.1) is 22.9 Å². The quantitative estimate of drug-likeness (QED) is 0.535. The van der Waals surface area contributed by atoms with Gasteiger partial charge in [0.1, 0.15) is 29.1 Å². The van der Waals surface area contributed by atoms with Gasteiger partial charge in [-0.1, -0.05) is 32.4 Å². The number of hydrogen-bond donors (Lipinski definition) is 1. The number of benzene rings is 2. The molecule has 1 amide bonds. The number of carbonyl (C=O) groups is 1. The lowest BCUT2D eigenvalue weighted by atomic mass is 10.1. The van der Waals surface area contributed by atoms with Crippen LogP contribution in [-0.4, -0.2) is 26.4 Å². The third kappa shape index (κ3) is 4.86. The molecule has 0 aliphatic rings. The molecular formula is C25H28FN5O3. The monoisotopic (exact) mass is 465 g/mol. The van der Waals surface area contributed by atoms with Crippen molar-refractivity contribution in [2.45, 2.75) is 53.1 Å². The minimum absolute atomic E-state index is 0.0453. The fourth-order valence-electron chi connectivity index (χ4n) is 3.71. The number of amides is 1. The maximum Gasteiger partial charge on any atom is 0.350 e. The van der Waals surface area contributed by atoms with E-state index in [1.165, 1.54) is 10.6 Å². The molecule has 8 nitrogen and oxygen atoms in total. The third-order valence-electron chi connectivity index (χ3n) is 5.56. The second-order valence-corrected chi connectivity index (χ2v) is 8.10. The average molecular weight is 466 g/mol. The summed E-state index contributed by atoms with van der Waals surface area (Å²) in [6.07, 6.45) is 1.81. The summed E-state index contributed by atoms with van der Waals surface area (Å²) in [7, 11) is 1.57. The van der Waals surface area contributed by atoms with E-state index in [9.17, 15) is 14.9 Å². The summed E-state index contributed by atoms with van der Waals surface area (Å²) < 4.78 is 23.6. The molecule has 0 bridgehead atoms. The van der Waals surface area contributed by atoms with Gasteiger partial charge in [-0.05, 0) is 38.0 Å². The largest absolute Gasteiger partial charge is 0.490 e. The molecule has 178 valence electrons. The summed E-state index contributed by atoms with van der Waals surface area (Å²) in [5.74, 6) is -0.805. The molecule has 1 atom stereocenters. The van der Waals surface area contributed by atoms with Crippen molar-refractivity contribution in [3.05, 3.63) is 69.1 Å². The number of carbonyl (C=O) groups excluding carboxylic acids is 1. The fourth-order valence-corrected chi connectivity index (χ4v) is 3.71. The van der Waals surface area contributed by atoms with Crippen molar-refractivity contribution in [2.24, 2.45) is 7.05 Å². The first kappa shape index (κ1) is 24.7. The van der Waals surface area contributed by atoms with Gasteiger partial charge in [-0.3, -0.25) is 9.36 Å². The molecule has 0 aliphatic carbocycles. The molecule has 1 aromatic heterocycles. The number of anilines is 1. The van der Waals surface area contributed by atoms with Crippen LogP contribution in [0.3, 0.4) is 0 Å². The summed E-state index contributed by atoms with van der Waals surface area (Å²) in [6.45, 7) is 7.47. The molecule has 0 radical (unpaired) electrons. The Morgan fingerprint density at radius 1 is 1.32 bits per heavy atom. The number of nitrogens with zero attached hydrogens (tertiary/aromatic N) is 4. The molecule has 0 saturated carbocycles. The van der Waals surface area contributed by atoms with Gasteiger partial charge in [-0.25, -0.2) is 9.18 Å². The lowest BCUT2D eigenvalue weighted by Gasteiger charge is -2.19. The molecule has 9 heteroatoms. The number of halogens is 1. The SMILES string of the molecule is CCCC(C)Oc1cc(-n2nc(CC)n(C)c2=O)c(F)cc1C(=O)Nc1c(C)cccc1C#N. The second-order valence-electron chi connectivity index (χ2n) is 8.10. The van der Waals surface area contributed by atoms with Gasteiger partial charge in [-0.2, -0.15) is 9.94 Å². The zero-order valence-electron chi connectivity index (χ0n) is 20.0. The van der Waals surface area contributed by atoms with Crippen molar-refractivity contribution in [3.63, 3.8) is 0 Å². The molecule has 1 N–H and O–H groups in total. The summed E-state index contributed by atoms with van der Waals surface area (Å²) in [5, 5.41) is 16.4. The Kier molecular flexibility index (Phi) is 7.51. The van der Waals surface area contributed by atoms with E-state index in [0.29, 0.717) is 35.5 Å². The number of aromatic nitrogens is 3. The zero-order chi connectivity index (χ0) is 25.0. The highest BCUT2D eigenvalue weighted by Gasteiger charge is 2.23. The van der Waals surface area contributed by atoms with Crippen LogP contribution in [0.1, 0.15) is 60.9 Å². The predicted octanol–water partition coefficient (Wildman–Crippen LogP) is 4.27. The maximum absolute atomic E-state index is 15.3. The van der Waals surface area contributed by atoms with Crippen molar-refractivity contribution < 1.29 is 13.9 Å². The molecule has 0 spiro atoms. The zero-order valence-corrected chi connectivity index (χ0v) is 20.0. The topological polar surface area (TPSA) is 102 Å². The number of ether oxygens (including phenoxy) is 1. The van der Waals surface area contributed by atoms with Crippen molar-refractivity contribution in [3.8, 4) is 17.5 Å². The van der Waals surface area contributed by atoms with Crippen LogP contribution in [0.25, 0.3) is 5.69 Å². The van der Waals surface area contributed by atoms with E-state index in [4.69, 9.17) is 4.74 Å². The van der Waals surface area contributed by atoms with Gasteiger partial charge in [-0.15, -0.1) is 5.10 Å². The summed E-state index contributed by atoms with van der Waals surface area (Å²) in [4.78, 5) is 25.9. The van der Waals surface area contributed by atoms with Crippen molar-refractivity contribution in [2.75, 3.05) is 5.32 Å². The third-order valence-corrected chi connectivity index (χ3v) is 5.56. The first-order valence-corrected chi connectivity index (χ1v) is 11.2. The lowest BCUT2D eigenvalue weighted by molar-refractivity contribution is 0.101. The number of aryl methyl sites for hydroxylation is 2. The van der Waals surface area contributed by atoms with Crippen LogP contribution in [0, 0.1) is 24.1 Å². The lowest BCUT2D eigenvalue weighted by Crippen LogP contribution is -2.24. The van der Waals surface area contributed by atoms with Crippen molar-refractivity contribution in [1.82, 2.24) is 14.3 Å². The Labute approximate surface area is 197 Å². The Morgan fingerprint density at radius 2 is 2.06 bits per heavy atom. The van der Waals surface area contributed by atoms with E-state index in [1.54, 1.807) is 32.2 Å². The standard InChI is InChI=1S/C25H28FN5O3/c1-6-9-16(4)34-21-13-20(31-25(33)30(5)22(7-2)29-31)19(26)12-18(21)24(32)28-23-15(3)10-8-11-17(23)14-27/h8,10-13,16H,6-7,9H2,1-5H3,(H,28,32). The van der Waals surface area contributed by atoms with E-state index >= 15 is 4.39 Å². The summed E-state index contributed by atoms with van der Waals surface area (Å²) in [5.41, 5.74) is 0.678. The van der Waals surface area contributed by atoms with Gasteiger partial charge >= 0.3 is 5.69 Å². The molecule has 1 heterocycles. The fraction of sp³-hybridized carbons (Fsp3) is 0.360. The van der Waals surface area contributed by atoms with Gasteiger partial charge in [0.15, 0.2) is 0 Å². The number of para-hydroxylation sites is 1. The molecular weight excluding hydrogens is 437 g/mol. The number of nitrogens with one attached hydrogen (secondary N) is 1. The van der Waals surface area contributed by atoms with E-state index in [2.05, 4.69) is 10.4 Å². The molecule has 1 unspecified atom stereocenters. The van der Waals surface area contributed by atoms with Gasteiger partial charge in [0.2, 0.25) is 0 Å². The molecule has 3 aromatic rings. The highest BCUT2D eigenvalue weighted by atomic mass is 19.1. The maximum atomic E-state index is 15.3. The Morgan fingerprint density at radius 3 is 2.68 bits per heavy atom. The highest BCUT2D eigenvalue weighted by molar-refractivity contribution is 6.07. The van der Waals surface area contributed by atoms with Crippen molar-refractivity contribution >= 4 is 11.6 Å².